The number of benzene rings is 4. The van der Waals surface area contributed by atoms with Gasteiger partial charge < -0.3 is 12.4 Å². The second-order valence-corrected chi connectivity index (χ2v) is 11.6. The third-order valence-electron chi connectivity index (χ3n) is 5.30. The van der Waals surface area contributed by atoms with E-state index in [1.807, 2.05) is 11.3 Å². The Morgan fingerprint density at radius 1 is 0.567 bits per heavy atom. The van der Waals surface area contributed by atoms with Gasteiger partial charge in [-0.2, -0.15) is 0 Å². The van der Waals surface area contributed by atoms with Crippen molar-refractivity contribution in [2.24, 2.45) is 0 Å². The molecule has 1 heterocycles. The maximum atomic E-state index is 5.02. The number of hydrogen-bond donors (Lipinski definition) is 0. The van der Waals surface area contributed by atoms with Crippen LogP contribution in [0.4, 0.5) is 0 Å². The molecule has 0 spiro atoms. The maximum Gasteiger partial charge on any atom is 0.132 e. The molecule has 0 aliphatic heterocycles. The first kappa shape index (κ1) is 20.8. The average molecular weight is 446 g/mol. The van der Waals surface area contributed by atoms with E-state index in [0.29, 0.717) is 0 Å². The molecule has 1 aromatic heterocycles. The van der Waals surface area contributed by atoms with Crippen LogP contribution in [-0.4, -0.2) is 4.98 Å². The van der Waals surface area contributed by atoms with Gasteiger partial charge in [-0.25, -0.2) is 4.98 Å². The van der Waals surface area contributed by atoms with Crippen LogP contribution in [0.5, 0.6) is 0 Å². The third kappa shape index (κ3) is 3.79. The molecule has 0 bridgehead atoms. The Labute approximate surface area is 188 Å². The largest absolute Gasteiger partial charge is 1.00 e. The molecular formula is C26H21ClNPS. The van der Waals surface area contributed by atoms with E-state index in [9.17, 15) is 0 Å². The second-order valence-electron chi connectivity index (χ2n) is 7.05. The maximum absolute atomic E-state index is 5.02. The smallest absolute Gasteiger partial charge is 0.132 e. The highest BCUT2D eigenvalue weighted by atomic mass is 35.5. The molecule has 0 radical (unpaired) electrons. The van der Waals surface area contributed by atoms with Crippen molar-refractivity contribution in [2.75, 3.05) is 0 Å². The fourth-order valence-electron chi connectivity index (χ4n) is 3.96. The molecule has 0 fully saturated rings. The quantitative estimate of drug-likeness (QED) is 0.379. The first-order valence-electron chi connectivity index (χ1n) is 9.76. The zero-order valence-electron chi connectivity index (χ0n) is 16.4. The minimum absolute atomic E-state index is 0. The normalized spacial score (nSPS) is 11.2. The minimum Gasteiger partial charge on any atom is -1.00 e. The first-order valence-corrected chi connectivity index (χ1v) is 12.5. The van der Waals surface area contributed by atoms with E-state index in [0.717, 1.165) is 11.7 Å². The Morgan fingerprint density at radius 3 is 1.47 bits per heavy atom. The lowest BCUT2D eigenvalue weighted by molar-refractivity contribution is -0.00000555. The minimum atomic E-state index is -1.88. The van der Waals surface area contributed by atoms with Gasteiger partial charge in [0.05, 0.1) is 10.2 Å². The molecule has 0 unspecified atom stereocenters. The van der Waals surface area contributed by atoms with Crippen LogP contribution in [0.25, 0.3) is 10.2 Å². The van der Waals surface area contributed by atoms with Crippen LogP contribution in [0.3, 0.4) is 0 Å². The van der Waals surface area contributed by atoms with Crippen molar-refractivity contribution in [3.05, 3.63) is 120 Å². The number of hydrogen-bond acceptors (Lipinski definition) is 2. The lowest BCUT2D eigenvalue weighted by atomic mass is 10.3. The van der Waals surface area contributed by atoms with Crippen LogP contribution in [0, 0.1) is 0 Å². The van der Waals surface area contributed by atoms with Gasteiger partial charge in [0.15, 0.2) is 0 Å². The van der Waals surface area contributed by atoms with Crippen molar-refractivity contribution in [1.29, 1.82) is 0 Å². The topological polar surface area (TPSA) is 12.9 Å². The summed E-state index contributed by atoms with van der Waals surface area (Å²) >= 11 is 1.82. The molecule has 0 aliphatic carbocycles. The molecule has 30 heavy (non-hydrogen) atoms. The molecule has 0 saturated carbocycles. The molecule has 0 atom stereocenters. The molecule has 0 amide bonds. The Morgan fingerprint density at radius 2 is 1.00 bits per heavy atom. The molecule has 0 saturated heterocycles. The molecule has 4 aromatic carbocycles. The summed E-state index contributed by atoms with van der Waals surface area (Å²) in [6.45, 7) is 0. The Bertz CT molecular complexity index is 1090. The number of para-hydroxylation sites is 1. The van der Waals surface area contributed by atoms with Crippen molar-refractivity contribution in [3.8, 4) is 0 Å². The fraction of sp³-hybridized carbons (Fsp3) is 0.0385. The van der Waals surface area contributed by atoms with Gasteiger partial charge in [-0.05, 0) is 48.5 Å². The van der Waals surface area contributed by atoms with Crippen LogP contribution in [0.15, 0.2) is 115 Å². The highest BCUT2D eigenvalue weighted by Gasteiger charge is 2.46. The molecular weight excluding hydrogens is 425 g/mol. The van der Waals surface area contributed by atoms with E-state index in [4.69, 9.17) is 4.98 Å². The standard InChI is InChI=1S/C26H21NPS.ClH/c1-4-12-21(13-5-1)28(22-14-6-2-7-15-22,23-16-8-3-9-17-23)20-26-27-24-18-10-11-19-25(24)29-26;/h1-19H,20H2;1H/q+1;/p-1. The third-order valence-corrected chi connectivity index (χ3v) is 10.9. The van der Waals surface area contributed by atoms with Gasteiger partial charge in [0.25, 0.3) is 0 Å². The van der Waals surface area contributed by atoms with E-state index in [2.05, 4.69) is 115 Å². The van der Waals surface area contributed by atoms with Crippen LogP contribution >= 0.6 is 18.6 Å². The van der Waals surface area contributed by atoms with Crippen LogP contribution in [0.2, 0.25) is 0 Å². The molecule has 5 aromatic rings. The van der Waals surface area contributed by atoms with Gasteiger partial charge >= 0.3 is 0 Å². The second kappa shape index (κ2) is 9.10. The highest BCUT2D eigenvalue weighted by molar-refractivity contribution is 7.95. The molecule has 0 N–H and O–H groups in total. The molecule has 148 valence electrons. The monoisotopic (exact) mass is 445 g/mol. The average Bonchev–Trinajstić information content (AvgIpc) is 3.22. The summed E-state index contributed by atoms with van der Waals surface area (Å²) < 4.78 is 1.26. The van der Waals surface area contributed by atoms with Crippen LogP contribution in [0.1, 0.15) is 5.01 Å². The Hall–Kier alpha value is -2.51. The highest BCUT2D eigenvalue weighted by Crippen LogP contribution is 2.58. The Kier molecular flexibility index (Phi) is 6.29. The summed E-state index contributed by atoms with van der Waals surface area (Å²) in [6.07, 6.45) is 0.935. The van der Waals surface area contributed by atoms with Crippen molar-refractivity contribution >= 4 is 44.7 Å². The SMILES string of the molecule is [Cl-].c1ccc([P+](Cc2nc3ccccc3s2)(c2ccccc2)c2ccccc2)cc1. The fourth-order valence-corrected chi connectivity index (χ4v) is 9.52. The molecule has 0 aliphatic rings. The van der Waals surface area contributed by atoms with Crippen molar-refractivity contribution < 1.29 is 12.4 Å². The van der Waals surface area contributed by atoms with E-state index in [1.165, 1.54) is 25.6 Å². The predicted molar refractivity (Wildman–Crippen MR) is 128 cm³/mol. The van der Waals surface area contributed by atoms with E-state index < -0.39 is 7.26 Å². The number of halogens is 1. The van der Waals surface area contributed by atoms with Gasteiger partial charge in [-0.15, -0.1) is 11.3 Å². The van der Waals surface area contributed by atoms with E-state index >= 15 is 0 Å². The summed E-state index contributed by atoms with van der Waals surface area (Å²) in [5.74, 6) is 0. The lowest BCUT2D eigenvalue weighted by Gasteiger charge is -2.26. The zero-order chi connectivity index (χ0) is 19.5. The number of thiazole rings is 1. The molecule has 5 rings (SSSR count). The van der Waals surface area contributed by atoms with Gasteiger partial charge in [0.2, 0.25) is 0 Å². The number of rotatable bonds is 5. The summed E-state index contributed by atoms with van der Waals surface area (Å²) in [5, 5.41) is 5.40. The number of aromatic nitrogens is 1. The van der Waals surface area contributed by atoms with Crippen molar-refractivity contribution in [2.45, 2.75) is 6.16 Å². The summed E-state index contributed by atoms with van der Waals surface area (Å²) in [4.78, 5) is 5.02. The van der Waals surface area contributed by atoms with Crippen molar-refractivity contribution in [1.82, 2.24) is 4.98 Å². The summed E-state index contributed by atoms with van der Waals surface area (Å²) in [7, 11) is -1.88. The van der Waals surface area contributed by atoms with Crippen LogP contribution < -0.4 is 28.3 Å². The van der Waals surface area contributed by atoms with Gasteiger partial charge in [-0.3, -0.25) is 0 Å². The van der Waals surface area contributed by atoms with E-state index in [-0.39, 0.29) is 12.4 Å². The predicted octanol–water partition coefficient (Wildman–Crippen LogP) is 2.79. The zero-order valence-corrected chi connectivity index (χ0v) is 18.8. The lowest BCUT2D eigenvalue weighted by Crippen LogP contribution is -3.00. The van der Waals surface area contributed by atoms with Gasteiger partial charge in [0, 0.05) is 0 Å². The summed E-state index contributed by atoms with van der Waals surface area (Å²) in [5.41, 5.74) is 1.10. The number of fused-ring (bicyclic) bond motifs is 1. The van der Waals surface area contributed by atoms with Gasteiger partial charge in [0.1, 0.15) is 34.3 Å². The first-order chi connectivity index (χ1) is 14.4. The summed E-state index contributed by atoms with van der Waals surface area (Å²) in [6, 6.07) is 41.5. The molecule has 4 heteroatoms. The number of nitrogens with zero attached hydrogens (tertiary/aromatic N) is 1. The van der Waals surface area contributed by atoms with Crippen LogP contribution in [-0.2, 0) is 6.16 Å². The van der Waals surface area contributed by atoms with E-state index in [1.54, 1.807) is 0 Å². The molecule has 1 nitrogen and oxygen atoms in total. The van der Waals surface area contributed by atoms with Crippen molar-refractivity contribution in [3.63, 3.8) is 0 Å². The van der Waals surface area contributed by atoms with Gasteiger partial charge in [-0.1, -0.05) is 66.7 Å². The Balaban J connectivity index is 0.00000218.